The molecule has 0 aliphatic heterocycles. The lowest BCUT2D eigenvalue weighted by Gasteiger charge is -2.09. The average Bonchev–Trinajstić information content (AvgIpc) is 1.98. The minimum absolute atomic E-state index is 0.394. The first kappa shape index (κ1) is 9.83. The third-order valence-electron chi connectivity index (χ3n) is 1.66. The number of hydrogen-bond donors (Lipinski definition) is 1. The van der Waals surface area contributed by atoms with Crippen LogP contribution >= 0.6 is 0 Å². The van der Waals surface area contributed by atoms with Crippen molar-refractivity contribution in [1.82, 2.24) is 0 Å². The Hall–Kier alpha value is -1.26. The van der Waals surface area contributed by atoms with Gasteiger partial charge in [0.1, 0.15) is 11.6 Å². The van der Waals surface area contributed by atoms with Gasteiger partial charge in [-0.05, 0) is 19.1 Å². The second-order valence-corrected chi connectivity index (χ2v) is 2.57. The standard InChI is InChI=1S/C8H6F4O/c1-4-6(13)3-2-5(7(4)9)8(10,11)12/h2-3,13H,1H3. The van der Waals surface area contributed by atoms with Gasteiger partial charge < -0.3 is 5.11 Å². The van der Waals surface area contributed by atoms with Crippen molar-refractivity contribution in [1.29, 1.82) is 0 Å². The lowest BCUT2D eigenvalue weighted by molar-refractivity contribution is -0.140. The van der Waals surface area contributed by atoms with Gasteiger partial charge in [0.2, 0.25) is 0 Å². The molecule has 0 aromatic heterocycles. The van der Waals surface area contributed by atoms with Crippen LogP contribution in [0.3, 0.4) is 0 Å². The van der Waals surface area contributed by atoms with E-state index >= 15 is 0 Å². The van der Waals surface area contributed by atoms with Crippen molar-refractivity contribution in [3.05, 3.63) is 29.1 Å². The van der Waals surface area contributed by atoms with E-state index in [1.54, 1.807) is 0 Å². The molecular weight excluding hydrogens is 188 g/mol. The first-order chi connectivity index (χ1) is 5.84. The van der Waals surface area contributed by atoms with Gasteiger partial charge in [0.25, 0.3) is 0 Å². The van der Waals surface area contributed by atoms with Crippen molar-refractivity contribution in [2.75, 3.05) is 0 Å². The minimum Gasteiger partial charge on any atom is -0.508 e. The number of phenolic OH excluding ortho intramolecular Hbond substituents is 1. The Kier molecular flexibility index (Phi) is 2.19. The van der Waals surface area contributed by atoms with Crippen LogP contribution < -0.4 is 0 Å². The van der Waals surface area contributed by atoms with Crippen LogP contribution in [0.1, 0.15) is 11.1 Å². The molecule has 0 aliphatic carbocycles. The van der Waals surface area contributed by atoms with Crippen molar-refractivity contribution >= 4 is 0 Å². The Morgan fingerprint density at radius 2 is 1.77 bits per heavy atom. The summed E-state index contributed by atoms with van der Waals surface area (Å²) in [6.45, 7) is 1.08. The Bertz CT molecular complexity index is 330. The summed E-state index contributed by atoms with van der Waals surface area (Å²) in [5.74, 6) is -1.90. The molecule has 1 aromatic rings. The summed E-state index contributed by atoms with van der Waals surface area (Å²) in [6, 6.07) is 1.33. The zero-order valence-corrected chi connectivity index (χ0v) is 6.61. The summed E-state index contributed by atoms with van der Waals surface area (Å²) in [5, 5.41) is 8.88. The molecule has 0 aliphatic rings. The lowest BCUT2D eigenvalue weighted by Crippen LogP contribution is -2.08. The van der Waals surface area contributed by atoms with Crippen LogP contribution in [0, 0.1) is 12.7 Å². The monoisotopic (exact) mass is 194 g/mol. The van der Waals surface area contributed by atoms with E-state index in [2.05, 4.69) is 0 Å². The molecule has 13 heavy (non-hydrogen) atoms. The fourth-order valence-electron chi connectivity index (χ4n) is 0.894. The average molecular weight is 194 g/mol. The van der Waals surface area contributed by atoms with Crippen LogP contribution in [-0.4, -0.2) is 5.11 Å². The summed E-state index contributed by atoms with van der Waals surface area (Å²) in [6.07, 6.45) is -4.72. The van der Waals surface area contributed by atoms with Crippen molar-refractivity contribution in [2.24, 2.45) is 0 Å². The second-order valence-electron chi connectivity index (χ2n) is 2.57. The molecule has 0 radical (unpaired) electrons. The summed E-state index contributed by atoms with van der Waals surface area (Å²) >= 11 is 0. The van der Waals surface area contributed by atoms with Gasteiger partial charge in [-0.2, -0.15) is 13.2 Å². The van der Waals surface area contributed by atoms with E-state index in [4.69, 9.17) is 5.11 Å². The van der Waals surface area contributed by atoms with Crippen molar-refractivity contribution in [3.8, 4) is 5.75 Å². The summed E-state index contributed by atoms with van der Waals surface area (Å²) in [5.41, 5.74) is -1.75. The SMILES string of the molecule is Cc1c(O)ccc(C(F)(F)F)c1F. The molecule has 0 amide bonds. The van der Waals surface area contributed by atoms with Gasteiger partial charge >= 0.3 is 6.18 Å². The normalized spacial score (nSPS) is 11.8. The maximum atomic E-state index is 12.9. The molecule has 1 nitrogen and oxygen atoms in total. The predicted molar refractivity (Wildman–Crippen MR) is 37.8 cm³/mol. The first-order valence-corrected chi connectivity index (χ1v) is 3.39. The highest BCUT2D eigenvalue weighted by Gasteiger charge is 2.34. The topological polar surface area (TPSA) is 20.2 Å². The van der Waals surface area contributed by atoms with E-state index in [0.717, 1.165) is 13.0 Å². The van der Waals surface area contributed by atoms with Crippen LogP contribution in [-0.2, 0) is 6.18 Å². The Morgan fingerprint density at radius 3 is 2.23 bits per heavy atom. The summed E-state index contributed by atoms with van der Waals surface area (Å²) in [4.78, 5) is 0. The van der Waals surface area contributed by atoms with E-state index < -0.39 is 28.9 Å². The van der Waals surface area contributed by atoms with Gasteiger partial charge in [-0.1, -0.05) is 0 Å². The predicted octanol–water partition coefficient (Wildman–Crippen LogP) is 2.86. The minimum atomic E-state index is -4.72. The van der Waals surface area contributed by atoms with Crippen LogP contribution in [0.2, 0.25) is 0 Å². The van der Waals surface area contributed by atoms with Crippen molar-refractivity contribution in [3.63, 3.8) is 0 Å². The molecule has 0 heterocycles. The van der Waals surface area contributed by atoms with E-state index in [9.17, 15) is 17.6 Å². The van der Waals surface area contributed by atoms with Crippen molar-refractivity contribution in [2.45, 2.75) is 13.1 Å². The van der Waals surface area contributed by atoms with Gasteiger partial charge in [-0.15, -0.1) is 0 Å². The molecule has 0 unspecified atom stereocenters. The Labute approximate surface area is 71.6 Å². The molecule has 72 valence electrons. The molecule has 0 bridgehead atoms. The highest BCUT2D eigenvalue weighted by atomic mass is 19.4. The number of hydrogen-bond acceptors (Lipinski definition) is 1. The largest absolute Gasteiger partial charge is 0.508 e. The fraction of sp³-hybridized carbons (Fsp3) is 0.250. The number of halogens is 4. The molecule has 0 fully saturated rings. The van der Waals surface area contributed by atoms with Crippen LogP contribution in [0.25, 0.3) is 0 Å². The fourth-order valence-corrected chi connectivity index (χ4v) is 0.894. The lowest BCUT2D eigenvalue weighted by atomic mass is 10.1. The Morgan fingerprint density at radius 1 is 1.23 bits per heavy atom. The summed E-state index contributed by atoms with van der Waals surface area (Å²) < 4.78 is 49.0. The highest BCUT2D eigenvalue weighted by Crippen LogP contribution is 2.34. The zero-order chi connectivity index (χ0) is 10.2. The van der Waals surface area contributed by atoms with Gasteiger partial charge in [-0.25, -0.2) is 4.39 Å². The maximum Gasteiger partial charge on any atom is 0.419 e. The molecular formula is C8H6F4O. The quantitative estimate of drug-likeness (QED) is 0.629. The van der Waals surface area contributed by atoms with Gasteiger partial charge in [-0.3, -0.25) is 0 Å². The molecule has 5 heteroatoms. The van der Waals surface area contributed by atoms with Gasteiger partial charge in [0.05, 0.1) is 5.56 Å². The number of alkyl halides is 3. The van der Waals surface area contributed by atoms with Crippen LogP contribution in [0.4, 0.5) is 17.6 Å². The van der Waals surface area contributed by atoms with E-state index in [1.165, 1.54) is 0 Å². The third-order valence-corrected chi connectivity index (χ3v) is 1.66. The zero-order valence-electron chi connectivity index (χ0n) is 6.61. The van der Waals surface area contributed by atoms with E-state index in [-0.39, 0.29) is 0 Å². The molecule has 0 atom stereocenters. The molecule has 0 spiro atoms. The highest BCUT2D eigenvalue weighted by molar-refractivity contribution is 5.37. The number of aromatic hydroxyl groups is 1. The molecule has 1 aromatic carbocycles. The second kappa shape index (κ2) is 2.90. The smallest absolute Gasteiger partial charge is 0.419 e. The third kappa shape index (κ3) is 1.74. The summed E-state index contributed by atoms with van der Waals surface area (Å²) in [7, 11) is 0. The maximum absolute atomic E-state index is 12.9. The van der Waals surface area contributed by atoms with E-state index in [0.29, 0.717) is 6.07 Å². The molecule has 0 saturated heterocycles. The molecule has 0 saturated carbocycles. The Balaban J connectivity index is 3.35. The van der Waals surface area contributed by atoms with Crippen LogP contribution in [0.15, 0.2) is 12.1 Å². The number of phenols is 1. The number of benzene rings is 1. The number of rotatable bonds is 0. The van der Waals surface area contributed by atoms with Crippen LogP contribution in [0.5, 0.6) is 5.75 Å². The van der Waals surface area contributed by atoms with E-state index in [1.807, 2.05) is 0 Å². The van der Waals surface area contributed by atoms with Crippen molar-refractivity contribution < 1.29 is 22.7 Å². The first-order valence-electron chi connectivity index (χ1n) is 3.39. The molecule has 1 rings (SSSR count). The van der Waals surface area contributed by atoms with Gasteiger partial charge in [0.15, 0.2) is 0 Å². The van der Waals surface area contributed by atoms with Gasteiger partial charge in [0, 0.05) is 5.56 Å². The molecule has 1 N–H and O–H groups in total.